The number of hydrogen-bond acceptors (Lipinski definition) is 3. The van der Waals surface area contributed by atoms with Gasteiger partial charge in [0.1, 0.15) is 0 Å². The van der Waals surface area contributed by atoms with E-state index in [1.807, 2.05) is 0 Å². The molecule has 3 heteroatoms. The summed E-state index contributed by atoms with van der Waals surface area (Å²) in [5.74, 6) is 0. The van der Waals surface area contributed by atoms with Crippen LogP contribution in [0.2, 0.25) is 0 Å². The quantitative estimate of drug-likeness (QED) is 0.635. The van der Waals surface area contributed by atoms with E-state index in [1.54, 1.807) is 7.11 Å². The number of likely N-dealkylation sites (N-methyl/N-ethyl adjacent to an activating group) is 1. The van der Waals surface area contributed by atoms with Crippen LogP contribution >= 0.6 is 0 Å². The van der Waals surface area contributed by atoms with Crippen molar-refractivity contribution < 1.29 is 4.74 Å². The molecule has 0 aromatic rings. The maximum Gasteiger partial charge on any atom is 0.0883 e. The molecule has 1 rings (SSSR count). The fourth-order valence-corrected chi connectivity index (χ4v) is 2.04. The second-order valence-electron chi connectivity index (χ2n) is 4.56. The van der Waals surface area contributed by atoms with Crippen molar-refractivity contribution in [3.8, 4) is 0 Å². The van der Waals surface area contributed by atoms with E-state index in [0.717, 1.165) is 6.54 Å². The minimum atomic E-state index is 0.263. The Bertz CT molecular complexity index is 153. The summed E-state index contributed by atoms with van der Waals surface area (Å²) in [5, 5.41) is 2.16. The molecule has 2 unspecified atom stereocenters. The predicted molar refractivity (Wildman–Crippen MR) is 49.8 cm³/mol. The van der Waals surface area contributed by atoms with Gasteiger partial charge in [0.15, 0.2) is 0 Å². The molecule has 1 heterocycles. The molecule has 0 bridgehead atoms. The lowest BCUT2D eigenvalue weighted by Crippen LogP contribution is -2.45. The molecular weight excluding hydrogens is 152 g/mol. The molecule has 72 valence electrons. The van der Waals surface area contributed by atoms with Crippen LogP contribution in [-0.4, -0.2) is 37.9 Å². The molecule has 1 saturated heterocycles. The van der Waals surface area contributed by atoms with Crippen molar-refractivity contribution >= 4 is 0 Å². The Balaban J connectivity index is 2.70. The van der Waals surface area contributed by atoms with Crippen molar-refractivity contribution in [3.05, 3.63) is 0 Å². The SMILES string of the molecule is COC1CNN(C)C1C(C)(C)C. The van der Waals surface area contributed by atoms with Gasteiger partial charge in [-0.2, -0.15) is 0 Å². The molecule has 1 aliphatic rings. The fourth-order valence-electron chi connectivity index (χ4n) is 2.04. The molecule has 0 aliphatic carbocycles. The van der Waals surface area contributed by atoms with Crippen LogP contribution in [0.1, 0.15) is 20.8 Å². The highest BCUT2D eigenvalue weighted by Gasteiger charge is 2.39. The average Bonchev–Trinajstić information content (AvgIpc) is 2.29. The van der Waals surface area contributed by atoms with E-state index in [2.05, 4.69) is 38.3 Å². The summed E-state index contributed by atoms with van der Waals surface area (Å²) in [7, 11) is 3.86. The van der Waals surface area contributed by atoms with Crippen LogP contribution in [0, 0.1) is 5.41 Å². The first-order valence-electron chi connectivity index (χ1n) is 4.46. The van der Waals surface area contributed by atoms with Gasteiger partial charge >= 0.3 is 0 Å². The Kier molecular flexibility index (Phi) is 2.76. The number of hydrogen-bond donors (Lipinski definition) is 1. The van der Waals surface area contributed by atoms with Crippen molar-refractivity contribution in [1.29, 1.82) is 0 Å². The van der Waals surface area contributed by atoms with Gasteiger partial charge in [-0.05, 0) is 5.41 Å². The Morgan fingerprint density at radius 2 is 2.00 bits per heavy atom. The molecular formula is C9H20N2O. The number of methoxy groups -OCH3 is 1. The summed E-state index contributed by atoms with van der Waals surface area (Å²) in [6, 6.07) is 0.461. The van der Waals surface area contributed by atoms with E-state index < -0.39 is 0 Å². The second kappa shape index (κ2) is 3.32. The lowest BCUT2D eigenvalue weighted by atomic mass is 9.84. The number of nitrogens with zero attached hydrogens (tertiary/aromatic N) is 1. The van der Waals surface area contributed by atoms with Crippen molar-refractivity contribution in [1.82, 2.24) is 10.4 Å². The second-order valence-corrected chi connectivity index (χ2v) is 4.56. The average molecular weight is 172 g/mol. The first kappa shape index (κ1) is 9.96. The smallest absolute Gasteiger partial charge is 0.0883 e. The maximum absolute atomic E-state index is 5.42. The molecule has 0 radical (unpaired) electrons. The van der Waals surface area contributed by atoms with Crippen molar-refractivity contribution in [2.75, 3.05) is 20.7 Å². The van der Waals surface area contributed by atoms with Crippen LogP contribution in [0.4, 0.5) is 0 Å². The summed E-state index contributed by atoms with van der Waals surface area (Å²) < 4.78 is 5.42. The number of rotatable bonds is 1. The molecule has 0 saturated carbocycles. The Labute approximate surface area is 75.0 Å². The molecule has 1 N–H and O–H groups in total. The van der Waals surface area contributed by atoms with Crippen LogP contribution < -0.4 is 5.43 Å². The standard InChI is InChI=1S/C9H20N2O/c1-9(2,3)8-7(12-5)6-10-11(8)4/h7-8,10H,6H2,1-5H3. The molecule has 12 heavy (non-hydrogen) atoms. The Hall–Kier alpha value is -0.120. The molecule has 0 aromatic carbocycles. The van der Waals surface area contributed by atoms with Crippen molar-refractivity contribution in [3.63, 3.8) is 0 Å². The van der Waals surface area contributed by atoms with Gasteiger partial charge in [-0.25, -0.2) is 5.01 Å². The zero-order valence-electron chi connectivity index (χ0n) is 8.72. The van der Waals surface area contributed by atoms with Crippen LogP contribution in [0.5, 0.6) is 0 Å². The van der Waals surface area contributed by atoms with Gasteiger partial charge in [0.25, 0.3) is 0 Å². The van der Waals surface area contributed by atoms with Crippen LogP contribution in [0.3, 0.4) is 0 Å². The largest absolute Gasteiger partial charge is 0.378 e. The summed E-state index contributed by atoms with van der Waals surface area (Å²) in [6.07, 6.45) is 0.315. The monoisotopic (exact) mass is 172 g/mol. The first-order chi connectivity index (χ1) is 5.46. The topological polar surface area (TPSA) is 24.5 Å². The van der Waals surface area contributed by atoms with E-state index in [1.165, 1.54) is 0 Å². The van der Waals surface area contributed by atoms with Gasteiger partial charge in [-0.3, -0.25) is 5.43 Å². The molecule has 0 spiro atoms. The Morgan fingerprint density at radius 1 is 1.42 bits per heavy atom. The summed E-state index contributed by atoms with van der Waals surface area (Å²) in [6.45, 7) is 7.66. The summed E-state index contributed by atoms with van der Waals surface area (Å²) in [5.41, 5.74) is 3.55. The van der Waals surface area contributed by atoms with Gasteiger partial charge in [-0.15, -0.1) is 0 Å². The lowest BCUT2D eigenvalue weighted by Gasteiger charge is -2.34. The maximum atomic E-state index is 5.42. The molecule has 0 amide bonds. The van der Waals surface area contributed by atoms with E-state index in [0.29, 0.717) is 12.1 Å². The molecule has 0 aromatic heterocycles. The molecule has 1 fully saturated rings. The number of ether oxygens (including phenoxy) is 1. The summed E-state index contributed by atoms with van der Waals surface area (Å²) >= 11 is 0. The van der Waals surface area contributed by atoms with E-state index in [9.17, 15) is 0 Å². The zero-order chi connectivity index (χ0) is 9.35. The Morgan fingerprint density at radius 3 is 2.33 bits per heavy atom. The van der Waals surface area contributed by atoms with E-state index in [-0.39, 0.29) is 5.41 Å². The lowest BCUT2D eigenvalue weighted by molar-refractivity contribution is 0.0232. The predicted octanol–water partition coefficient (Wildman–Crippen LogP) is 0.866. The highest BCUT2D eigenvalue weighted by molar-refractivity contribution is 4.92. The molecule has 1 aliphatic heterocycles. The van der Waals surface area contributed by atoms with Crippen molar-refractivity contribution in [2.24, 2.45) is 5.41 Å². The van der Waals surface area contributed by atoms with Crippen LogP contribution in [0.15, 0.2) is 0 Å². The fraction of sp³-hybridized carbons (Fsp3) is 1.00. The zero-order valence-corrected chi connectivity index (χ0v) is 8.72. The third kappa shape index (κ3) is 1.79. The minimum absolute atomic E-state index is 0.263. The van der Waals surface area contributed by atoms with E-state index >= 15 is 0 Å². The van der Waals surface area contributed by atoms with Gasteiger partial charge < -0.3 is 4.74 Å². The highest BCUT2D eigenvalue weighted by atomic mass is 16.5. The third-order valence-corrected chi connectivity index (χ3v) is 2.50. The van der Waals surface area contributed by atoms with Gasteiger partial charge in [0.2, 0.25) is 0 Å². The molecule has 3 nitrogen and oxygen atoms in total. The van der Waals surface area contributed by atoms with Gasteiger partial charge in [0.05, 0.1) is 12.1 Å². The highest BCUT2D eigenvalue weighted by Crippen LogP contribution is 2.29. The summed E-state index contributed by atoms with van der Waals surface area (Å²) in [4.78, 5) is 0. The van der Waals surface area contributed by atoms with Gasteiger partial charge in [-0.1, -0.05) is 20.8 Å². The van der Waals surface area contributed by atoms with Crippen LogP contribution in [0.25, 0.3) is 0 Å². The third-order valence-electron chi connectivity index (χ3n) is 2.50. The van der Waals surface area contributed by atoms with Crippen LogP contribution in [-0.2, 0) is 4.74 Å². The molecule has 2 atom stereocenters. The van der Waals surface area contributed by atoms with Gasteiger partial charge in [0, 0.05) is 20.7 Å². The minimum Gasteiger partial charge on any atom is -0.378 e. The van der Waals surface area contributed by atoms with E-state index in [4.69, 9.17) is 4.74 Å². The first-order valence-corrected chi connectivity index (χ1v) is 4.46. The van der Waals surface area contributed by atoms with Crippen molar-refractivity contribution in [2.45, 2.75) is 32.9 Å². The normalized spacial score (nSPS) is 32.8. The number of hydrazine groups is 1. The number of nitrogens with one attached hydrogen (secondary N) is 1.